The van der Waals surface area contributed by atoms with Gasteiger partial charge >= 0.3 is 0 Å². The van der Waals surface area contributed by atoms with E-state index in [1.165, 1.54) is 0 Å². The number of fused-ring (bicyclic) bond motifs is 2. The van der Waals surface area contributed by atoms with E-state index in [0.29, 0.717) is 12.8 Å². The average Bonchev–Trinajstić information content (AvgIpc) is 2.67. The van der Waals surface area contributed by atoms with Gasteiger partial charge in [-0.15, -0.1) is 0 Å². The molecule has 5 unspecified atom stereocenters. The van der Waals surface area contributed by atoms with Gasteiger partial charge in [0, 0.05) is 5.41 Å². The van der Waals surface area contributed by atoms with E-state index in [2.05, 4.69) is 13.5 Å². The number of rotatable bonds is 1. The van der Waals surface area contributed by atoms with Crippen molar-refractivity contribution in [1.82, 2.24) is 0 Å². The first-order valence-electron chi connectivity index (χ1n) is 9.03. The highest BCUT2D eigenvalue weighted by Gasteiger charge is 2.62. The largest absolute Gasteiger partial charge is 0.388 e. The van der Waals surface area contributed by atoms with Gasteiger partial charge in [-0.1, -0.05) is 40.3 Å². The zero-order valence-electron chi connectivity index (χ0n) is 15.0. The van der Waals surface area contributed by atoms with Crippen LogP contribution >= 0.6 is 0 Å². The highest BCUT2D eigenvalue weighted by molar-refractivity contribution is 5.39. The van der Waals surface area contributed by atoms with Gasteiger partial charge in [0.2, 0.25) is 0 Å². The maximum Gasteiger partial charge on any atom is 0.0943 e. The molecule has 0 radical (unpaired) electrons. The Balaban J connectivity index is 2.16. The third-order valence-electron chi connectivity index (χ3n) is 7.46. The van der Waals surface area contributed by atoms with Crippen molar-refractivity contribution in [3.8, 4) is 0 Å². The summed E-state index contributed by atoms with van der Waals surface area (Å²) in [7, 11) is 0. The van der Waals surface area contributed by atoms with Crippen LogP contribution in [0.25, 0.3) is 0 Å². The summed E-state index contributed by atoms with van der Waals surface area (Å²) in [5.74, 6) is 0.0913. The molecular formula is C20H32O3. The Bertz CT molecular complexity index is 565. The fraction of sp³-hybridized carbons (Fsp3) is 0.800. The highest BCUT2D eigenvalue weighted by Crippen LogP contribution is 2.63. The van der Waals surface area contributed by atoms with Crippen LogP contribution in [0.4, 0.5) is 0 Å². The van der Waals surface area contributed by atoms with Gasteiger partial charge in [0.1, 0.15) is 0 Å². The van der Waals surface area contributed by atoms with Crippen LogP contribution < -0.4 is 0 Å². The van der Waals surface area contributed by atoms with Crippen molar-refractivity contribution in [2.75, 3.05) is 0 Å². The second kappa shape index (κ2) is 4.93. The van der Waals surface area contributed by atoms with Crippen molar-refractivity contribution in [1.29, 1.82) is 0 Å². The zero-order chi connectivity index (χ0) is 17.3. The predicted molar refractivity (Wildman–Crippen MR) is 91.9 cm³/mol. The van der Waals surface area contributed by atoms with Crippen LogP contribution in [-0.2, 0) is 0 Å². The Morgan fingerprint density at radius 1 is 1.17 bits per heavy atom. The Labute approximate surface area is 140 Å². The first kappa shape index (κ1) is 17.2. The Hall–Kier alpha value is -0.640. The standard InChI is InChI=1S/C20H32O3/c1-13(2)19(22)10-9-17(4)12-20(23)14(3)7-6-8-18(20,5)16(21)11-15(17)19/h11,13,16,21-23H,3,6-10,12H2,1-2,4-5H3. The summed E-state index contributed by atoms with van der Waals surface area (Å²) in [5.41, 5.74) is -1.07. The Kier molecular flexibility index (Phi) is 3.69. The molecule has 130 valence electrons. The molecule has 3 nitrogen and oxygen atoms in total. The van der Waals surface area contributed by atoms with Crippen LogP contribution in [0.3, 0.4) is 0 Å². The normalized spacial score (nSPS) is 50.3. The van der Waals surface area contributed by atoms with Crippen molar-refractivity contribution in [3.63, 3.8) is 0 Å². The van der Waals surface area contributed by atoms with E-state index in [0.717, 1.165) is 36.8 Å². The number of hydrogen-bond acceptors (Lipinski definition) is 3. The van der Waals surface area contributed by atoms with Gasteiger partial charge in [0.05, 0.1) is 17.3 Å². The molecule has 3 rings (SSSR count). The van der Waals surface area contributed by atoms with Gasteiger partial charge < -0.3 is 15.3 Å². The van der Waals surface area contributed by atoms with E-state index >= 15 is 0 Å². The Morgan fingerprint density at radius 2 is 1.83 bits per heavy atom. The lowest BCUT2D eigenvalue weighted by atomic mass is 9.56. The number of aliphatic hydroxyl groups excluding tert-OH is 1. The fourth-order valence-electron chi connectivity index (χ4n) is 5.50. The second-order valence-electron chi connectivity index (χ2n) is 9.08. The van der Waals surface area contributed by atoms with Gasteiger partial charge in [-0.2, -0.15) is 0 Å². The van der Waals surface area contributed by atoms with Gasteiger partial charge in [-0.05, 0) is 61.0 Å². The highest BCUT2D eigenvalue weighted by atomic mass is 16.3. The summed E-state index contributed by atoms with van der Waals surface area (Å²) in [5, 5.41) is 33.9. The van der Waals surface area contributed by atoms with E-state index in [1.54, 1.807) is 0 Å². The molecule has 0 spiro atoms. The first-order chi connectivity index (χ1) is 10.5. The molecular weight excluding hydrogens is 288 g/mol. The smallest absolute Gasteiger partial charge is 0.0943 e. The maximum atomic E-state index is 11.6. The number of hydrogen-bond donors (Lipinski definition) is 3. The van der Waals surface area contributed by atoms with E-state index in [9.17, 15) is 15.3 Å². The van der Waals surface area contributed by atoms with Gasteiger partial charge in [-0.25, -0.2) is 0 Å². The summed E-state index contributed by atoms with van der Waals surface area (Å²) >= 11 is 0. The topological polar surface area (TPSA) is 60.7 Å². The second-order valence-corrected chi connectivity index (χ2v) is 9.08. The third kappa shape index (κ3) is 2.06. The molecule has 0 aliphatic heterocycles. The maximum absolute atomic E-state index is 11.6. The molecule has 0 amide bonds. The molecule has 0 aromatic carbocycles. The zero-order valence-corrected chi connectivity index (χ0v) is 15.0. The predicted octanol–water partition coefficient (Wildman–Crippen LogP) is 3.34. The van der Waals surface area contributed by atoms with Crippen molar-refractivity contribution < 1.29 is 15.3 Å². The summed E-state index contributed by atoms with van der Waals surface area (Å²) < 4.78 is 0. The van der Waals surface area contributed by atoms with Crippen molar-refractivity contribution in [3.05, 3.63) is 23.8 Å². The van der Waals surface area contributed by atoms with E-state index in [-0.39, 0.29) is 11.3 Å². The summed E-state index contributed by atoms with van der Waals surface area (Å²) in [6.45, 7) is 12.4. The van der Waals surface area contributed by atoms with Gasteiger partial charge in [-0.3, -0.25) is 0 Å². The van der Waals surface area contributed by atoms with Crippen LogP contribution in [0.1, 0.15) is 66.2 Å². The van der Waals surface area contributed by atoms with E-state index < -0.39 is 22.7 Å². The van der Waals surface area contributed by atoms with E-state index in [1.807, 2.05) is 26.8 Å². The molecule has 2 saturated carbocycles. The third-order valence-corrected chi connectivity index (χ3v) is 7.46. The quantitative estimate of drug-likeness (QED) is 0.649. The first-order valence-corrected chi connectivity index (χ1v) is 9.03. The summed E-state index contributed by atoms with van der Waals surface area (Å²) in [4.78, 5) is 0. The minimum atomic E-state index is -1.07. The summed E-state index contributed by atoms with van der Waals surface area (Å²) in [6.07, 6.45) is 5.75. The molecule has 3 heteroatoms. The monoisotopic (exact) mass is 320 g/mol. The lowest BCUT2D eigenvalue weighted by Crippen LogP contribution is -2.56. The van der Waals surface area contributed by atoms with Crippen LogP contribution in [0.2, 0.25) is 0 Å². The molecule has 3 aliphatic carbocycles. The van der Waals surface area contributed by atoms with Crippen LogP contribution in [-0.4, -0.2) is 32.6 Å². The minimum absolute atomic E-state index is 0.0913. The fourth-order valence-corrected chi connectivity index (χ4v) is 5.50. The lowest BCUT2D eigenvalue weighted by molar-refractivity contribution is -0.126. The SMILES string of the molecule is C=C1CCCC2(C)C(O)C=C3C(C)(CCC3(O)C(C)C)CC12O. The van der Waals surface area contributed by atoms with E-state index in [4.69, 9.17) is 0 Å². The molecule has 3 aliphatic rings. The molecule has 0 bridgehead atoms. The minimum Gasteiger partial charge on any atom is -0.388 e. The molecule has 2 fully saturated rings. The van der Waals surface area contributed by atoms with Crippen molar-refractivity contribution in [2.45, 2.75) is 83.5 Å². The van der Waals surface area contributed by atoms with Crippen molar-refractivity contribution >= 4 is 0 Å². The molecule has 3 N–H and O–H groups in total. The van der Waals surface area contributed by atoms with Crippen LogP contribution in [0.5, 0.6) is 0 Å². The van der Waals surface area contributed by atoms with Crippen LogP contribution in [0.15, 0.2) is 23.8 Å². The molecule has 0 aromatic heterocycles. The average molecular weight is 320 g/mol. The van der Waals surface area contributed by atoms with Crippen LogP contribution in [0, 0.1) is 16.7 Å². The van der Waals surface area contributed by atoms with Gasteiger partial charge in [0.15, 0.2) is 0 Å². The molecule has 0 aromatic rings. The summed E-state index contributed by atoms with van der Waals surface area (Å²) in [6, 6.07) is 0. The van der Waals surface area contributed by atoms with Crippen molar-refractivity contribution in [2.24, 2.45) is 16.7 Å². The Morgan fingerprint density at radius 3 is 2.43 bits per heavy atom. The number of aliphatic hydroxyl groups is 3. The molecule has 5 atom stereocenters. The van der Waals surface area contributed by atoms with Gasteiger partial charge in [0.25, 0.3) is 0 Å². The lowest BCUT2D eigenvalue weighted by Gasteiger charge is -2.52. The molecule has 0 heterocycles. The molecule has 0 saturated heterocycles. The molecule has 23 heavy (non-hydrogen) atoms.